The molecule has 0 spiro atoms. The van der Waals surface area contributed by atoms with Gasteiger partial charge in [-0.2, -0.15) is 5.10 Å². The Balaban J connectivity index is 1.57. The van der Waals surface area contributed by atoms with Crippen LogP contribution in [0.2, 0.25) is 0 Å². The van der Waals surface area contributed by atoms with Gasteiger partial charge in [-0.05, 0) is 43.5 Å². The van der Waals surface area contributed by atoms with E-state index in [4.69, 9.17) is 5.21 Å². The third-order valence-corrected chi connectivity index (χ3v) is 4.97. The van der Waals surface area contributed by atoms with Crippen molar-refractivity contribution in [2.24, 2.45) is 7.05 Å². The maximum absolute atomic E-state index is 11.3. The molecule has 1 aromatic heterocycles. The second-order valence-corrected chi connectivity index (χ2v) is 6.91. The summed E-state index contributed by atoms with van der Waals surface area (Å²) in [7, 11) is 1.98. The molecule has 7 heteroatoms. The summed E-state index contributed by atoms with van der Waals surface area (Å²) in [4.78, 5) is 13.6. The molecule has 1 aliphatic heterocycles. The van der Waals surface area contributed by atoms with E-state index in [9.17, 15) is 4.79 Å². The summed E-state index contributed by atoms with van der Waals surface area (Å²) in [6.45, 7) is 4.76. The van der Waals surface area contributed by atoms with Crippen LogP contribution in [0.25, 0.3) is 6.08 Å². The fraction of sp³-hybridized carbons (Fsp3) is 0.400. The molecular formula is C20H27N5O2. The number of hydrogen-bond acceptors (Lipinski definition) is 5. The molecule has 1 saturated heterocycles. The molecule has 1 amide bonds. The first-order valence-electron chi connectivity index (χ1n) is 9.26. The number of anilines is 1. The van der Waals surface area contributed by atoms with Crippen LogP contribution in [0.15, 0.2) is 36.4 Å². The molecule has 1 aliphatic rings. The first-order chi connectivity index (χ1) is 13.1. The van der Waals surface area contributed by atoms with Crippen LogP contribution in [0.3, 0.4) is 0 Å². The Bertz CT molecular complexity index is 806. The van der Waals surface area contributed by atoms with Gasteiger partial charge in [0.15, 0.2) is 0 Å². The quantitative estimate of drug-likeness (QED) is 0.412. The van der Waals surface area contributed by atoms with Gasteiger partial charge >= 0.3 is 0 Å². The zero-order valence-electron chi connectivity index (χ0n) is 15.9. The second-order valence-electron chi connectivity index (χ2n) is 6.91. The standard InChI is InChI=1S/C20H27N5O2/c1-15-13-18(24(2)22-15)14-21-17-9-11-25(12-10-17)19-6-4-3-5-16(19)7-8-20(26)23-27/h3-8,13,17,21,27H,9-12,14H2,1-2H3,(H,23,26). The molecule has 7 nitrogen and oxygen atoms in total. The normalized spacial score (nSPS) is 15.4. The Hall–Kier alpha value is -2.64. The molecule has 3 rings (SSSR count). The van der Waals surface area contributed by atoms with Gasteiger partial charge in [-0.15, -0.1) is 0 Å². The fourth-order valence-corrected chi connectivity index (χ4v) is 3.52. The van der Waals surface area contributed by atoms with E-state index < -0.39 is 5.91 Å². The first-order valence-corrected chi connectivity index (χ1v) is 9.26. The highest BCUT2D eigenvalue weighted by Crippen LogP contribution is 2.25. The number of nitrogens with zero attached hydrogens (tertiary/aromatic N) is 3. The monoisotopic (exact) mass is 369 g/mol. The van der Waals surface area contributed by atoms with E-state index >= 15 is 0 Å². The predicted octanol–water partition coefficient (Wildman–Crippen LogP) is 2.01. The largest absolute Gasteiger partial charge is 0.371 e. The van der Waals surface area contributed by atoms with Crippen molar-refractivity contribution in [2.75, 3.05) is 18.0 Å². The van der Waals surface area contributed by atoms with Gasteiger partial charge < -0.3 is 10.2 Å². The summed E-state index contributed by atoms with van der Waals surface area (Å²) in [5.41, 5.74) is 5.95. The number of amides is 1. The van der Waals surface area contributed by atoms with E-state index in [1.165, 1.54) is 11.8 Å². The van der Waals surface area contributed by atoms with Crippen LogP contribution in [0.1, 0.15) is 29.8 Å². The molecule has 0 unspecified atom stereocenters. The number of aryl methyl sites for hydroxylation is 2. The maximum Gasteiger partial charge on any atom is 0.267 e. The number of aromatic nitrogens is 2. The number of hydrogen-bond donors (Lipinski definition) is 3. The number of benzene rings is 1. The van der Waals surface area contributed by atoms with E-state index in [-0.39, 0.29) is 0 Å². The number of hydroxylamine groups is 1. The van der Waals surface area contributed by atoms with Gasteiger partial charge in [0, 0.05) is 44.5 Å². The number of carbonyl (C=O) groups excluding carboxylic acids is 1. The smallest absolute Gasteiger partial charge is 0.267 e. The zero-order chi connectivity index (χ0) is 19.2. The molecule has 1 aromatic carbocycles. The second kappa shape index (κ2) is 8.83. The van der Waals surface area contributed by atoms with Crippen molar-refractivity contribution in [3.8, 4) is 0 Å². The van der Waals surface area contributed by atoms with Crippen LogP contribution < -0.4 is 15.7 Å². The van der Waals surface area contributed by atoms with Crippen LogP contribution in [0.4, 0.5) is 5.69 Å². The zero-order valence-corrected chi connectivity index (χ0v) is 15.9. The molecule has 2 heterocycles. The minimum Gasteiger partial charge on any atom is -0.371 e. The summed E-state index contributed by atoms with van der Waals surface area (Å²) in [6, 6.07) is 10.6. The lowest BCUT2D eigenvalue weighted by molar-refractivity contribution is -0.124. The summed E-state index contributed by atoms with van der Waals surface area (Å²) >= 11 is 0. The molecule has 0 saturated carbocycles. The van der Waals surface area contributed by atoms with E-state index in [0.717, 1.165) is 49.4 Å². The SMILES string of the molecule is Cc1cc(CNC2CCN(c3ccccc3C=CC(=O)NO)CC2)n(C)n1. The van der Waals surface area contributed by atoms with Crippen molar-refractivity contribution in [1.82, 2.24) is 20.6 Å². The average molecular weight is 369 g/mol. The van der Waals surface area contributed by atoms with Crippen molar-refractivity contribution >= 4 is 17.7 Å². The van der Waals surface area contributed by atoms with Crippen molar-refractivity contribution < 1.29 is 10.0 Å². The van der Waals surface area contributed by atoms with Crippen LogP contribution in [-0.2, 0) is 18.4 Å². The van der Waals surface area contributed by atoms with E-state index in [0.29, 0.717) is 6.04 Å². The van der Waals surface area contributed by atoms with Crippen molar-refractivity contribution in [3.05, 3.63) is 53.4 Å². The topological polar surface area (TPSA) is 82.4 Å². The molecule has 0 radical (unpaired) electrons. The van der Waals surface area contributed by atoms with Gasteiger partial charge in [0.05, 0.1) is 11.4 Å². The van der Waals surface area contributed by atoms with Crippen LogP contribution in [0.5, 0.6) is 0 Å². The first kappa shape index (κ1) is 19.1. The summed E-state index contributed by atoms with van der Waals surface area (Å²) in [5, 5.41) is 16.7. The van der Waals surface area contributed by atoms with E-state index in [1.54, 1.807) is 11.6 Å². The average Bonchev–Trinajstić information content (AvgIpc) is 3.02. The Kier molecular flexibility index (Phi) is 6.26. The molecule has 2 aromatic rings. The number of nitrogens with one attached hydrogen (secondary N) is 2. The Morgan fingerprint density at radius 1 is 1.33 bits per heavy atom. The predicted molar refractivity (Wildman–Crippen MR) is 105 cm³/mol. The van der Waals surface area contributed by atoms with E-state index in [1.807, 2.05) is 36.9 Å². The number of carbonyl (C=O) groups is 1. The molecule has 0 bridgehead atoms. The highest BCUT2D eigenvalue weighted by molar-refractivity contribution is 5.91. The van der Waals surface area contributed by atoms with Crippen molar-refractivity contribution in [3.63, 3.8) is 0 Å². The van der Waals surface area contributed by atoms with Gasteiger partial charge in [0.25, 0.3) is 5.91 Å². The fourth-order valence-electron chi connectivity index (χ4n) is 3.52. The molecule has 0 atom stereocenters. The summed E-state index contributed by atoms with van der Waals surface area (Å²) in [5.74, 6) is -0.530. The molecule has 1 fully saturated rings. The van der Waals surface area contributed by atoms with Gasteiger partial charge in [0.2, 0.25) is 0 Å². The lowest BCUT2D eigenvalue weighted by Crippen LogP contribution is -2.42. The van der Waals surface area contributed by atoms with Gasteiger partial charge in [-0.3, -0.25) is 14.7 Å². The number of rotatable bonds is 6. The summed E-state index contributed by atoms with van der Waals surface area (Å²) < 4.78 is 1.93. The van der Waals surface area contributed by atoms with Gasteiger partial charge in [0.1, 0.15) is 0 Å². The highest BCUT2D eigenvalue weighted by Gasteiger charge is 2.20. The van der Waals surface area contributed by atoms with Crippen LogP contribution >= 0.6 is 0 Å². The molecular weight excluding hydrogens is 342 g/mol. The lowest BCUT2D eigenvalue weighted by atomic mass is 10.0. The maximum atomic E-state index is 11.3. The third-order valence-electron chi connectivity index (χ3n) is 4.97. The van der Waals surface area contributed by atoms with Crippen molar-refractivity contribution in [1.29, 1.82) is 0 Å². The molecule has 27 heavy (non-hydrogen) atoms. The van der Waals surface area contributed by atoms with Crippen LogP contribution in [-0.4, -0.2) is 40.0 Å². The minimum atomic E-state index is -0.530. The number of para-hydroxylation sites is 1. The Labute approximate surface area is 159 Å². The molecule has 0 aliphatic carbocycles. The Morgan fingerprint density at radius 2 is 2.07 bits per heavy atom. The van der Waals surface area contributed by atoms with E-state index in [2.05, 4.69) is 27.4 Å². The third kappa shape index (κ3) is 4.96. The van der Waals surface area contributed by atoms with Crippen molar-refractivity contribution in [2.45, 2.75) is 32.4 Å². The van der Waals surface area contributed by atoms with Gasteiger partial charge in [-0.25, -0.2) is 5.48 Å². The molecule has 3 N–H and O–H groups in total. The molecule has 144 valence electrons. The summed E-state index contributed by atoms with van der Waals surface area (Å²) in [6.07, 6.45) is 5.19. The Morgan fingerprint density at radius 3 is 2.74 bits per heavy atom. The minimum absolute atomic E-state index is 0.485. The lowest BCUT2D eigenvalue weighted by Gasteiger charge is -2.35. The van der Waals surface area contributed by atoms with Gasteiger partial charge in [-0.1, -0.05) is 18.2 Å². The van der Waals surface area contributed by atoms with Crippen LogP contribution in [0, 0.1) is 6.92 Å². The highest BCUT2D eigenvalue weighted by atomic mass is 16.5. The number of piperidine rings is 1.